The first kappa shape index (κ1) is 8.23. The normalized spacial score (nSPS) is 46.7. The van der Waals surface area contributed by atoms with Crippen molar-refractivity contribution < 1.29 is 14.2 Å². The minimum Gasteiger partial charge on any atom is -0.368 e. The lowest BCUT2D eigenvalue weighted by molar-refractivity contribution is -0.154. The lowest BCUT2D eigenvalue weighted by Gasteiger charge is -2.13. The fourth-order valence-electron chi connectivity index (χ4n) is 2.05. The molecule has 68 valence electrons. The molecule has 0 saturated carbocycles. The molecule has 3 nitrogen and oxygen atoms in total. The van der Waals surface area contributed by atoms with Crippen molar-refractivity contribution in [3.63, 3.8) is 0 Å². The molecule has 0 bridgehead atoms. The Hall–Kier alpha value is -0.380. The largest absolute Gasteiger partial charge is 0.368 e. The molecule has 2 heterocycles. The van der Waals surface area contributed by atoms with E-state index < -0.39 is 0 Å². The van der Waals surface area contributed by atoms with Crippen LogP contribution in [0.3, 0.4) is 0 Å². The van der Waals surface area contributed by atoms with Gasteiger partial charge < -0.3 is 14.2 Å². The Labute approximate surface area is 72.3 Å². The van der Waals surface area contributed by atoms with E-state index in [2.05, 4.69) is 6.58 Å². The lowest BCUT2D eigenvalue weighted by Crippen LogP contribution is -2.26. The number of ether oxygens (including phenoxy) is 3. The fraction of sp³-hybridized carbons (Fsp3) is 0.778. The van der Waals surface area contributed by atoms with E-state index in [9.17, 15) is 0 Å². The number of hydrogen-bond acceptors (Lipinski definition) is 3. The van der Waals surface area contributed by atoms with Crippen LogP contribution in [0.25, 0.3) is 0 Å². The van der Waals surface area contributed by atoms with Gasteiger partial charge >= 0.3 is 0 Å². The minimum atomic E-state index is -0.204. The van der Waals surface area contributed by atoms with Crippen molar-refractivity contribution in [2.75, 3.05) is 13.7 Å². The number of methoxy groups -OCH3 is 1. The van der Waals surface area contributed by atoms with Crippen LogP contribution in [0, 0.1) is 5.92 Å². The average Bonchev–Trinajstić information content (AvgIpc) is 2.55. The van der Waals surface area contributed by atoms with Crippen LogP contribution in [-0.4, -0.2) is 32.2 Å². The van der Waals surface area contributed by atoms with Gasteiger partial charge in [-0.2, -0.15) is 0 Å². The van der Waals surface area contributed by atoms with E-state index in [1.54, 1.807) is 7.11 Å². The van der Waals surface area contributed by atoms with Crippen molar-refractivity contribution in [2.24, 2.45) is 5.92 Å². The Bertz CT molecular complexity index is 202. The summed E-state index contributed by atoms with van der Waals surface area (Å²) in [6.07, 6.45) is 0.0386. The van der Waals surface area contributed by atoms with E-state index in [4.69, 9.17) is 14.2 Å². The third-order valence-electron chi connectivity index (χ3n) is 2.64. The topological polar surface area (TPSA) is 27.7 Å². The SMILES string of the molecule is C=C1CO[C@H]2[C@H](OC)O[C@@H](C)[C@@H]12. The van der Waals surface area contributed by atoms with Crippen molar-refractivity contribution in [2.45, 2.75) is 25.4 Å². The van der Waals surface area contributed by atoms with Crippen molar-refractivity contribution in [3.05, 3.63) is 12.2 Å². The second-order valence-electron chi connectivity index (χ2n) is 3.40. The molecule has 12 heavy (non-hydrogen) atoms. The smallest absolute Gasteiger partial charge is 0.184 e. The molecular weight excluding hydrogens is 156 g/mol. The van der Waals surface area contributed by atoms with Crippen LogP contribution in [0.5, 0.6) is 0 Å². The number of fused-ring (bicyclic) bond motifs is 1. The summed E-state index contributed by atoms with van der Waals surface area (Å²) in [5.41, 5.74) is 1.13. The van der Waals surface area contributed by atoms with Gasteiger partial charge in [0.15, 0.2) is 6.29 Å². The van der Waals surface area contributed by atoms with Gasteiger partial charge in [0.2, 0.25) is 0 Å². The second kappa shape index (κ2) is 2.83. The summed E-state index contributed by atoms with van der Waals surface area (Å²) in [7, 11) is 1.64. The fourth-order valence-corrected chi connectivity index (χ4v) is 2.05. The summed E-state index contributed by atoms with van der Waals surface area (Å²) in [4.78, 5) is 0. The molecule has 0 spiro atoms. The predicted octanol–water partition coefficient (Wildman–Crippen LogP) is 0.949. The highest BCUT2D eigenvalue weighted by atomic mass is 16.7. The predicted molar refractivity (Wildman–Crippen MR) is 43.7 cm³/mol. The molecule has 2 aliphatic heterocycles. The standard InChI is InChI=1S/C9H14O3/c1-5-4-11-8-7(5)6(2)12-9(8)10-3/h6-9H,1,4H2,2-3H3/t6-,7+,8+,9+/m0/s1. The van der Waals surface area contributed by atoms with Crippen molar-refractivity contribution in [1.82, 2.24) is 0 Å². The van der Waals surface area contributed by atoms with Gasteiger partial charge in [0.25, 0.3) is 0 Å². The van der Waals surface area contributed by atoms with Crippen molar-refractivity contribution >= 4 is 0 Å². The molecule has 0 N–H and O–H groups in total. The molecule has 0 aromatic rings. The summed E-state index contributed by atoms with van der Waals surface area (Å²) in [6, 6.07) is 0. The lowest BCUT2D eigenvalue weighted by atomic mass is 9.95. The van der Waals surface area contributed by atoms with E-state index in [0.29, 0.717) is 12.5 Å². The molecule has 4 atom stereocenters. The summed E-state index contributed by atoms with van der Waals surface area (Å²) in [6.45, 7) is 6.65. The van der Waals surface area contributed by atoms with Gasteiger partial charge in [-0.1, -0.05) is 6.58 Å². The van der Waals surface area contributed by atoms with Crippen LogP contribution in [0.15, 0.2) is 12.2 Å². The molecule has 2 aliphatic rings. The zero-order chi connectivity index (χ0) is 8.72. The average molecular weight is 170 g/mol. The maximum atomic E-state index is 5.54. The summed E-state index contributed by atoms with van der Waals surface area (Å²) in [5, 5.41) is 0. The molecule has 0 amide bonds. The molecule has 2 rings (SSSR count). The van der Waals surface area contributed by atoms with Gasteiger partial charge in [-0.3, -0.25) is 0 Å². The van der Waals surface area contributed by atoms with E-state index >= 15 is 0 Å². The Morgan fingerprint density at radius 3 is 3.00 bits per heavy atom. The molecule has 3 heteroatoms. The Balaban J connectivity index is 2.17. The third-order valence-corrected chi connectivity index (χ3v) is 2.64. The van der Waals surface area contributed by atoms with Crippen molar-refractivity contribution in [1.29, 1.82) is 0 Å². The molecule has 2 fully saturated rings. The zero-order valence-electron chi connectivity index (χ0n) is 7.45. The van der Waals surface area contributed by atoms with Crippen LogP contribution < -0.4 is 0 Å². The van der Waals surface area contributed by atoms with Gasteiger partial charge in [-0.25, -0.2) is 0 Å². The number of hydrogen-bond donors (Lipinski definition) is 0. The van der Waals surface area contributed by atoms with Gasteiger partial charge in [0.1, 0.15) is 6.10 Å². The summed E-state index contributed by atoms with van der Waals surface area (Å²) in [5.74, 6) is 0.329. The molecule has 2 saturated heterocycles. The van der Waals surface area contributed by atoms with Crippen molar-refractivity contribution in [3.8, 4) is 0 Å². The van der Waals surface area contributed by atoms with Crippen LogP contribution in [0.1, 0.15) is 6.92 Å². The molecule has 0 aromatic heterocycles. The van der Waals surface area contributed by atoms with Gasteiger partial charge in [0.05, 0.1) is 12.7 Å². The highest BCUT2D eigenvalue weighted by Crippen LogP contribution is 2.39. The first-order valence-corrected chi connectivity index (χ1v) is 4.21. The van der Waals surface area contributed by atoms with Gasteiger partial charge in [-0.05, 0) is 12.5 Å². The molecule has 0 unspecified atom stereocenters. The monoisotopic (exact) mass is 170 g/mol. The van der Waals surface area contributed by atoms with Crippen LogP contribution in [-0.2, 0) is 14.2 Å². The highest BCUT2D eigenvalue weighted by Gasteiger charge is 2.48. The first-order valence-electron chi connectivity index (χ1n) is 4.21. The Morgan fingerprint density at radius 1 is 1.58 bits per heavy atom. The van der Waals surface area contributed by atoms with Gasteiger partial charge in [-0.15, -0.1) is 0 Å². The summed E-state index contributed by atoms with van der Waals surface area (Å²) >= 11 is 0. The molecule has 0 aliphatic carbocycles. The Kier molecular flexibility index (Phi) is 1.94. The van der Waals surface area contributed by atoms with E-state index in [-0.39, 0.29) is 18.5 Å². The Morgan fingerprint density at radius 2 is 2.33 bits per heavy atom. The summed E-state index contributed by atoms with van der Waals surface area (Å²) < 4.78 is 16.2. The minimum absolute atomic E-state index is 0.0671. The van der Waals surface area contributed by atoms with E-state index in [1.165, 1.54) is 0 Å². The first-order chi connectivity index (χ1) is 5.74. The van der Waals surface area contributed by atoms with E-state index in [1.807, 2.05) is 6.92 Å². The second-order valence-corrected chi connectivity index (χ2v) is 3.40. The maximum absolute atomic E-state index is 5.54. The van der Waals surface area contributed by atoms with Crippen LogP contribution in [0.4, 0.5) is 0 Å². The van der Waals surface area contributed by atoms with E-state index in [0.717, 1.165) is 5.57 Å². The zero-order valence-corrected chi connectivity index (χ0v) is 7.45. The number of rotatable bonds is 1. The third kappa shape index (κ3) is 1.01. The van der Waals surface area contributed by atoms with Crippen LogP contribution in [0.2, 0.25) is 0 Å². The van der Waals surface area contributed by atoms with Gasteiger partial charge in [0, 0.05) is 13.0 Å². The quantitative estimate of drug-likeness (QED) is 0.548. The molecular formula is C9H14O3. The molecule has 0 radical (unpaired) electrons. The van der Waals surface area contributed by atoms with Crippen LogP contribution >= 0.6 is 0 Å². The maximum Gasteiger partial charge on any atom is 0.184 e. The highest BCUT2D eigenvalue weighted by molar-refractivity contribution is 5.14. The molecule has 0 aromatic carbocycles.